The van der Waals surface area contributed by atoms with Crippen molar-refractivity contribution in [3.05, 3.63) is 28.3 Å². The number of phenolic OH excluding ortho intramolecular Hbond substituents is 1. The van der Waals surface area contributed by atoms with E-state index in [2.05, 4.69) is 19.2 Å². The van der Waals surface area contributed by atoms with Crippen LogP contribution in [0.2, 0.25) is 0 Å². The number of hydrogen-bond donors (Lipinski definition) is 2. The van der Waals surface area contributed by atoms with Gasteiger partial charge in [-0.1, -0.05) is 0 Å². The fourth-order valence-electron chi connectivity index (χ4n) is 2.55. The Morgan fingerprint density at radius 1 is 1.27 bits per heavy atom. The molecule has 1 atom stereocenters. The normalized spacial score (nSPS) is 20.9. The second kappa shape index (κ2) is 3.86. The topological polar surface area (TPSA) is 32.3 Å². The Morgan fingerprint density at radius 2 is 2.00 bits per heavy atom. The van der Waals surface area contributed by atoms with Crippen LogP contribution in [0.4, 0.5) is 0 Å². The van der Waals surface area contributed by atoms with Crippen molar-refractivity contribution < 1.29 is 5.11 Å². The third-order valence-electron chi connectivity index (χ3n) is 3.54. The minimum Gasteiger partial charge on any atom is -0.508 e. The van der Waals surface area contributed by atoms with Crippen LogP contribution in [0.25, 0.3) is 0 Å². The van der Waals surface area contributed by atoms with Gasteiger partial charge in [-0.25, -0.2) is 0 Å². The zero-order valence-electron chi connectivity index (χ0n) is 9.72. The fraction of sp³-hybridized carbons (Fsp3) is 0.538. The van der Waals surface area contributed by atoms with Crippen molar-refractivity contribution in [1.29, 1.82) is 0 Å². The van der Waals surface area contributed by atoms with Crippen LogP contribution in [-0.4, -0.2) is 11.7 Å². The van der Waals surface area contributed by atoms with Gasteiger partial charge in [0, 0.05) is 6.04 Å². The molecule has 1 aromatic carbocycles. The SMILES string of the molecule is Cc1cc(O)c(C)c(C)c1C1CCCN1. The van der Waals surface area contributed by atoms with E-state index in [1.165, 1.54) is 29.5 Å². The van der Waals surface area contributed by atoms with Gasteiger partial charge in [0.2, 0.25) is 0 Å². The van der Waals surface area contributed by atoms with E-state index in [1.54, 1.807) is 0 Å². The lowest BCUT2D eigenvalue weighted by molar-refractivity contribution is 0.469. The monoisotopic (exact) mass is 205 g/mol. The summed E-state index contributed by atoms with van der Waals surface area (Å²) in [5, 5.41) is 13.2. The average molecular weight is 205 g/mol. The molecule has 1 fully saturated rings. The van der Waals surface area contributed by atoms with Crippen molar-refractivity contribution in [2.45, 2.75) is 39.7 Å². The Balaban J connectivity index is 2.50. The first-order chi connectivity index (χ1) is 7.11. The smallest absolute Gasteiger partial charge is 0.119 e. The molecule has 1 saturated heterocycles. The van der Waals surface area contributed by atoms with Gasteiger partial charge in [-0.15, -0.1) is 0 Å². The van der Waals surface area contributed by atoms with E-state index in [-0.39, 0.29) is 0 Å². The molecule has 0 aromatic heterocycles. The van der Waals surface area contributed by atoms with E-state index >= 15 is 0 Å². The highest BCUT2D eigenvalue weighted by molar-refractivity contribution is 5.48. The van der Waals surface area contributed by atoms with Crippen LogP contribution in [0.1, 0.15) is 41.1 Å². The Kier molecular flexibility index (Phi) is 2.70. The first-order valence-electron chi connectivity index (χ1n) is 5.64. The molecule has 1 aliphatic rings. The number of aryl methyl sites for hydroxylation is 1. The third kappa shape index (κ3) is 1.74. The van der Waals surface area contributed by atoms with Gasteiger partial charge in [0.05, 0.1) is 0 Å². The Hall–Kier alpha value is -1.02. The predicted molar refractivity (Wildman–Crippen MR) is 62.3 cm³/mol. The molecule has 15 heavy (non-hydrogen) atoms. The molecular weight excluding hydrogens is 186 g/mol. The van der Waals surface area contributed by atoms with Gasteiger partial charge in [-0.2, -0.15) is 0 Å². The highest BCUT2D eigenvalue weighted by atomic mass is 16.3. The van der Waals surface area contributed by atoms with Crippen LogP contribution in [0.5, 0.6) is 5.75 Å². The summed E-state index contributed by atoms with van der Waals surface area (Å²) in [5.41, 5.74) is 4.86. The highest BCUT2D eigenvalue weighted by Crippen LogP contribution is 2.33. The number of aromatic hydroxyl groups is 1. The summed E-state index contributed by atoms with van der Waals surface area (Å²) in [6.07, 6.45) is 2.47. The molecule has 1 aliphatic heterocycles. The maximum Gasteiger partial charge on any atom is 0.119 e. The minimum atomic E-state index is 0.423. The summed E-state index contributed by atoms with van der Waals surface area (Å²) >= 11 is 0. The zero-order valence-corrected chi connectivity index (χ0v) is 9.72. The van der Waals surface area contributed by atoms with E-state index in [0.717, 1.165) is 12.1 Å². The molecule has 2 nitrogen and oxygen atoms in total. The lowest BCUT2D eigenvalue weighted by Crippen LogP contribution is -2.15. The summed E-state index contributed by atoms with van der Waals surface area (Å²) in [6, 6.07) is 2.38. The molecule has 0 amide bonds. The Morgan fingerprint density at radius 3 is 2.60 bits per heavy atom. The first-order valence-corrected chi connectivity index (χ1v) is 5.64. The molecule has 0 radical (unpaired) electrons. The van der Waals surface area contributed by atoms with Crippen LogP contribution in [0.15, 0.2) is 6.07 Å². The number of hydrogen-bond acceptors (Lipinski definition) is 2. The lowest BCUT2D eigenvalue weighted by Gasteiger charge is -2.19. The summed E-state index contributed by atoms with van der Waals surface area (Å²) < 4.78 is 0. The molecule has 0 aliphatic carbocycles. The zero-order chi connectivity index (χ0) is 11.0. The predicted octanol–water partition coefficient (Wildman–Crippen LogP) is 2.74. The van der Waals surface area contributed by atoms with E-state index in [9.17, 15) is 5.11 Å². The summed E-state index contributed by atoms with van der Waals surface area (Å²) in [5.74, 6) is 0.423. The number of benzene rings is 1. The van der Waals surface area contributed by atoms with Gasteiger partial charge < -0.3 is 10.4 Å². The van der Waals surface area contributed by atoms with Gasteiger partial charge >= 0.3 is 0 Å². The van der Waals surface area contributed by atoms with Crippen LogP contribution < -0.4 is 5.32 Å². The molecule has 0 bridgehead atoms. The minimum absolute atomic E-state index is 0.423. The quantitative estimate of drug-likeness (QED) is 0.739. The van der Waals surface area contributed by atoms with Gasteiger partial charge in [-0.05, 0) is 68.5 Å². The molecule has 1 unspecified atom stereocenters. The molecule has 1 aromatic rings. The van der Waals surface area contributed by atoms with Crippen molar-refractivity contribution in [3.8, 4) is 5.75 Å². The van der Waals surface area contributed by atoms with Crippen molar-refractivity contribution in [2.75, 3.05) is 6.54 Å². The second-order valence-electron chi connectivity index (χ2n) is 4.53. The number of phenols is 1. The molecule has 2 N–H and O–H groups in total. The standard InChI is InChI=1S/C13H19NO/c1-8-7-12(15)9(2)10(3)13(8)11-5-4-6-14-11/h7,11,14-15H,4-6H2,1-3H3. The number of rotatable bonds is 1. The van der Waals surface area contributed by atoms with E-state index in [1.807, 2.05) is 13.0 Å². The van der Waals surface area contributed by atoms with Crippen LogP contribution in [0, 0.1) is 20.8 Å². The maximum absolute atomic E-state index is 9.73. The summed E-state index contributed by atoms with van der Waals surface area (Å²) in [4.78, 5) is 0. The Labute approximate surface area is 91.3 Å². The van der Waals surface area contributed by atoms with Gasteiger partial charge in [0.25, 0.3) is 0 Å². The lowest BCUT2D eigenvalue weighted by atomic mass is 9.91. The largest absolute Gasteiger partial charge is 0.508 e. The third-order valence-corrected chi connectivity index (χ3v) is 3.54. The van der Waals surface area contributed by atoms with Gasteiger partial charge in [-0.3, -0.25) is 0 Å². The van der Waals surface area contributed by atoms with E-state index in [0.29, 0.717) is 11.8 Å². The van der Waals surface area contributed by atoms with Crippen molar-refractivity contribution in [1.82, 2.24) is 5.32 Å². The van der Waals surface area contributed by atoms with Crippen LogP contribution >= 0.6 is 0 Å². The van der Waals surface area contributed by atoms with Gasteiger partial charge in [0.1, 0.15) is 5.75 Å². The van der Waals surface area contributed by atoms with E-state index < -0.39 is 0 Å². The molecule has 2 rings (SSSR count). The van der Waals surface area contributed by atoms with Crippen molar-refractivity contribution >= 4 is 0 Å². The maximum atomic E-state index is 9.73. The molecule has 1 heterocycles. The molecule has 82 valence electrons. The van der Waals surface area contributed by atoms with E-state index in [4.69, 9.17) is 0 Å². The first kappa shape index (κ1) is 10.5. The van der Waals surface area contributed by atoms with Crippen molar-refractivity contribution in [2.24, 2.45) is 0 Å². The summed E-state index contributed by atoms with van der Waals surface area (Å²) in [7, 11) is 0. The molecule has 0 saturated carbocycles. The number of nitrogens with one attached hydrogen (secondary N) is 1. The second-order valence-corrected chi connectivity index (χ2v) is 4.53. The molecule has 2 heteroatoms. The molecule has 0 spiro atoms. The van der Waals surface area contributed by atoms with Crippen molar-refractivity contribution in [3.63, 3.8) is 0 Å². The Bertz CT molecular complexity index is 379. The molecular formula is C13H19NO. The summed E-state index contributed by atoms with van der Waals surface area (Å²) in [6.45, 7) is 7.30. The average Bonchev–Trinajstić information content (AvgIpc) is 2.68. The fourth-order valence-corrected chi connectivity index (χ4v) is 2.55. The van der Waals surface area contributed by atoms with Crippen LogP contribution in [-0.2, 0) is 0 Å². The van der Waals surface area contributed by atoms with Gasteiger partial charge in [0.15, 0.2) is 0 Å². The van der Waals surface area contributed by atoms with Crippen LogP contribution in [0.3, 0.4) is 0 Å². The highest BCUT2D eigenvalue weighted by Gasteiger charge is 2.21.